The normalized spacial score (nSPS) is 11.4. The van der Waals surface area contributed by atoms with E-state index in [1.807, 2.05) is 0 Å². The molecule has 0 spiro atoms. The van der Waals surface area contributed by atoms with Crippen molar-refractivity contribution in [2.75, 3.05) is 7.11 Å². The Bertz CT molecular complexity index is 566. The number of allylic oxidation sites excluding steroid dienone is 1. The van der Waals surface area contributed by atoms with Gasteiger partial charge in [-0.3, -0.25) is 9.59 Å². The number of esters is 1. The first kappa shape index (κ1) is 13.0. The summed E-state index contributed by atoms with van der Waals surface area (Å²) in [6, 6.07) is 0. The van der Waals surface area contributed by atoms with Gasteiger partial charge < -0.3 is 13.9 Å². The van der Waals surface area contributed by atoms with Crippen molar-refractivity contribution in [2.45, 2.75) is 13.5 Å². The maximum atomic E-state index is 11.5. The second-order valence-electron chi connectivity index (χ2n) is 3.55. The Kier molecular flexibility index (Phi) is 4.03. The number of methoxy groups -OCH3 is 1. The molecule has 0 atom stereocenters. The van der Waals surface area contributed by atoms with E-state index in [0.29, 0.717) is 5.57 Å². The van der Waals surface area contributed by atoms with Crippen LogP contribution in [0.15, 0.2) is 33.6 Å². The lowest BCUT2D eigenvalue weighted by molar-refractivity contribution is -0.136. The number of carbonyl (C=O) groups excluding carboxylic acids is 1. The van der Waals surface area contributed by atoms with Gasteiger partial charge in [0.1, 0.15) is 0 Å². The molecule has 0 aromatic carbocycles. The zero-order valence-corrected chi connectivity index (χ0v) is 9.97. The molecule has 0 aliphatic carbocycles. The Morgan fingerprint density at radius 1 is 1.35 bits per heavy atom. The molecule has 0 unspecified atom stereocenters. The van der Waals surface area contributed by atoms with Crippen LogP contribution in [0.3, 0.4) is 0 Å². The predicted octanol–water partition coefficient (Wildman–Crippen LogP) is -0.334. The molecule has 1 aromatic rings. The molecule has 17 heavy (non-hydrogen) atoms. The Labute approximate surface area is 97.8 Å². The summed E-state index contributed by atoms with van der Waals surface area (Å²) in [5.74, 6) is -0.457. The van der Waals surface area contributed by atoms with Crippen LogP contribution in [0.5, 0.6) is 0 Å². The van der Waals surface area contributed by atoms with Crippen molar-refractivity contribution in [3.63, 3.8) is 0 Å². The van der Waals surface area contributed by atoms with Crippen LogP contribution >= 0.6 is 0 Å². The number of aromatic nitrogens is 2. The molecule has 92 valence electrons. The molecule has 0 aliphatic heterocycles. The monoisotopic (exact) mass is 238 g/mol. The van der Waals surface area contributed by atoms with E-state index in [-0.39, 0.29) is 6.54 Å². The van der Waals surface area contributed by atoms with Gasteiger partial charge in [0.25, 0.3) is 0 Å². The van der Waals surface area contributed by atoms with Crippen molar-refractivity contribution < 1.29 is 9.53 Å². The number of hydrogen-bond acceptors (Lipinski definition) is 4. The zero-order chi connectivity index (χ0) is 13.0. The molecule has 0 aliphatic rings. The molecule has 0 bridgehead atoms. The summed E-state index contributed by atoms with van der Waals surface area (Å²) in [7, 11) is 2.79. The van der Waals surface area contributed by atoms with Crippen LogP contribution in [-0.4, -0.2) is 22.2 Å². The van der Waals surface area contributed by atoms with Gasteiger partial charge >= 0.3 is 17.1 Å². The Morgan fingerprint density at radius 3 is 2.59 bits per heavy atom. The maximum absolute atomic E-state index is 11.5. The van der Waals surface area contributed by atoms with Gasteiger partial charge in [0.05, 0.1) is 7.11 Å². The number of aryl methyl sites for hydroxylation is 1. The lowest BCUT2D eigenvalue weighted by Crippen LogP contribution is -2.39. The molecule has 1 aromatic heterocycles. The Balaban J connectivity index is 2.99. The van der Waals surface area contributed by atoms with Crippen molar-refractivity contribution in [2.24, 2.45) is 7.05 Å². The van der Waals surface area contributed by atoms with Crippen LogP contribution in [0.2, 0.25) is 0 Å². The average Bonchev–Trinajstić information content (AvgIpc) is 2.33. The van der Waals surface area contributed by atoms with Gasteiger partial charge in [-0.1, -0.05) is 6.08 Å². The van der Waals surface area contributed by atoms with Crippen LogP contribution in [0.4, 0.5) is 0 Å². The molecule has 1 rings (SSSR count). The minimum atomic E-state index is -0.621. The van der Waals surface area contributed by atoms with Gasteiger partial charge in [-0.05, 0) is 6.92 Å². The van der Waals surface area contributed by atoms with Crippen molar-refractivity contribution in [1.82, 2.24) is 9.13 Å². The highest BCUT2D eigenvalue weighted by Gasteiger charge is 2.04. The van der Waals surface area contributed by atoms with Gasteiger partial charge in [-0.2, -0.15) is 0 Å². The summed E-state index contributed by atoms with van der Waals surface area (Å²) >= 11 is 0. The Morgan fingerprint density at radius 2 is 2.00 bits per heavy atom. The van der Waals surface area contributed by atoms with Gasteiger partial charge in [0, 0.05) is 31.6 Å². The van der Waals surface area contributed by atoms with Crippen molar-refractivity contribution in [3.8, 4) is 0 Å². The first-order chi connectivity index (χ1) is 7.97. The van der Waals surface area contributed by atoms with E-state index in [1.54, 1.807) is 6.92 Å². The minimum absolute atomic E-state index is 0.163. The molecule has 6 nitrogen and oxygen atoms in total. The fourth-order valence-electron chi connectivity index (χ4n) is 1.21. The van der Waals surface area contributed by atoms with Crippen LogP contribution in [0.25, 0.3) is 0 Å². The van der Waals surface area contributed by atoms with Crippen LogP contribution in [-0.2, 0) is 23.1 Å². The molecular formula is C11H14N2O4. The number of nitrogens with zero attached hydrogens (tertiary/aromatic N) is 2. The fourth-order valence-corrected chi connectivity index (χ4v) is 1.21. The molecule has 0 fully saturated rings. The van der Waals surface area contributed by atoms with Crippen LogP contribution in [0.1, 0.15) is 6.92 Å². The van der Waals surface area contributed by atoms with E-state index in [0.717, 1.165) is 0 Å². The summed E-state index contributed by atoms with van der Waals surface area (Å²) in [4.78, 5) is 34.0. The number of hydrogen-bond donors (Lipinski definition) is 0. The average molecular weight is 238 g/mol. The van der Waals surface area contributed by atoms with Gasteiger partial charge in [0.2, 0.25) is 0 Å². The van der Waals surface area contributed by atoms with E-state index in [2.05, 4.69) is 4.74 Å². The molecule has 0 saturated carbocycles. The molecule has 1 heterocycles. The first-order valence-electron chi connectivity index (χ1n) is 4.98. The lowest BCUT2D eigenvalue weighted by Gasteiger charge is -2.03. The molecule has 0 radical (unpaired) electrons. The van der Waals surface area contributed by atoms with Crippen molar-refractivity contribution >= 4 is 5.97 Å². The summed E-state index contributed by atoms with van der Waals surface area (Å²) in [5, 5.41) is 0. The summed E-state index contributed by atoms with van der Waals surface area (Å²) in [6.45, 7) is 1.74. The van der Waals surface area contributed by atoms with Crippen molar-refractivity contribution in [3.05, 3.63) is 44.8 Å². The van der Waals surface area contributed by atoms with E-state index >= 15 is 0 Å². The molecule has 0 amide bonds. The fraction of sp³-hybridized carbons (Fsp3) is 0.364. The second-order valence-corrected chi connectivity index (χ2v) is 3.55. The molecule has 0 saturated heterocycles. The zero-order valence-electron chi connectivity index (χ0n) is 9.97. The highest BCUT2D eigenvalue weighted by atomic mass is 16.5. The standard InChI is InChI=1S/C11H14N2O4/c1-8(11(16)17-3)4-5-13-7-6-12(2)9(14)10(13)15/h4,6-7H,5H2,1-3H3. The van der Waals surface area contributed by atoms with Crippen LogP contribution in [0, 0.1) is 0 Å². The van der Waals surface area contributed by atoms with Gasteiger partial charge in [-0.25, -0.2) is 4.79 Å². The second kappa shape index (κ2) is 5.29. The highest BCUT2D eigenvalue weighted by molar-refractivity contribution is 5.87. The predicted molar refractivity (Wildman–Crippen MR) is 61.7 cm³/mol. The van der Waals surface area contributed by atoms with E-state index < -0.39 is 17.1 Å². The van der Waals surface area contributed by atoms with Gasteiger partial charge in [0.15, 0.2) is 0 Å². The molecular weight excluding hydrogens is 224 g/mol. The van der Waals surface area contributed by atoms with Crippen molar-refractivity contribution in [1.29, 1.82) is 0 Å². The third-order valence-corrected chi connectivity index (χ3v) is 2.34. The smallest absolute Gasteiger partial charge is 0.333 e. The third-order valence-electron chi connectivity index (χ3n) is 2.34. The number of rotatable bonds is 3. The number of ether oxygens (including phenoxy) is 1. The van der Waals surface area contributed by atoms with E-state index in [4.69, 9.17) is 0 Å². The topological polar surface area (TPSA) is 70.3 Å². The molecule has 0 N–H and O–H groups in total. The van der Waals surface area contributed by atoms with E-state index in [1.165, 1.54) is 41.8 Å². The lowest BCUT2D eigenvalue weighted by atomic mass is 10.3. The Hall–Kier alpha value is -2.11. The maximum Gasteiger partial charge on any atom is 0.333 e. The SMILES string of the molecule is COC(=O)C(C)=CCn1ccn(C)c(=O)c1=O. The molecule has 6 heteroatoms. The first-order valence-corrected chi connectivity index (χ1v) is 4.98. The number of carbonyl (C=O) groups is 1. The minimum Gasteiger partial charge on any atom is -0.466 e. The highest BCUT2D eigenvalue weighted by Crippen LogP contribution is 1.95. The van der Waals surface area contributed by atoms with E-state index in [9.17, 15) is 14.4 Å². The largest absolute Gasteiger partial charge is 0.466 e. The summed E-state index contributed by atoms with van der Waals surface area (Å²) in [5.41, 5.74) is -0.833. The van der Waals surface area contributed by atoms with Crippen LogP contribution < -0.4 is 11.1 Å². The quantitative estimate of drug-likeness (QED) is 0.410. The van der Waals surface area contributed by atoms with Gasteiger partial charge in [-0.15, -0.1) is 0 Å². The third kappa shape index (κ3) is 2.93. The summed E-state index contributed by atoms with van der Waals surface area (Å²) < 4.78 is 6.95. The summed E-state index contributed by atoms with van der Waals surface area (Å²) in [6.07, 6.45) is 4.52.